The summed E-state index contributed by atoms with van der Waals surface area (Å²) in [6.07, 6.45) is 1.33. The van der Waals surface area contributed by atoms with Crippen molar-refractivity contribution < 1.29 is 22.3 Å². The molecule has 10 nitrogen and oxygen atoms in total. The topological polar surface area (TPSA) is 110 Å². The van der Waals surface area contributed by atoms with Gasteiger partial charge in [0.05, 0.1) is 36.1 Å². The van der Waals surface area contributed by atoms with E-state index in [1.807, 2.05) is 0 Å². The van der Waals surface area contributed by atoms with E-state index in [1.54, 1.807) is 42.5 Å². The number of nitrogens with zero attached hydrogens (tertiary/aromatic N) is 5. The second-order valence-electron chi connectivity index (χ2n) is 8.01. The standard InChI is InChI=1S/C22H23FN6O4S/c23-20-16-27(21(30)26-18-8-4-5-9-19(18)29-24-11-12-25-29)13-10-22(20)28(14-15-33-22)34(31,32)17-6-2-1-3-7-17/h1-9,11-12,20H,10,13-16H2,(H,26,30). The number of halogens is 1. The molecule has 3 aromatic rings. The van der Waals surface area contributed by atoms with E-state index in [2.05, 4.69) is 15.5 Å². The van der Waals surface area contributed by atoms with Crippen molar-refractivity contribution in [3.63, 3.8) is 0 Å². The number of benzene rings is 2. The van der Waals surface area contributed by atoms with Crippen LogP contribution in [0.3, 0.4) is 0 Å². The second-order valence-corrected chi connectivity index (χ2v) is 9.88. The van der Waals surface area contributed by atoms with Gasteiger partial charge < -0.3 is 15.0 Å². The zero-order chi connectivity index (χ0) is 23.8. The normalized spacial score (nSPS) is 23.3. The number of carbonyl (C=O) groups is 1. The van der Waals surface area contributed by atoms with Gasteiger partial charge in [-0.3, -0.25) is 0 Å². The summed E-state index contributed by atoms with van der Waals surface area (Å²) < 4.78 is 48.9. The molecule has 1 spiro atoms. The van der Waals surface area contributed by atoms with Crippen molar-refractivity contribution in [1.29, 1.82) is 0 Å². The van der Waals surface area contributed by atoms with Gasteiger partial charge in [0.2, 0.25) is 10.0 Å². The van der Waals surface area contributed by atoms with Crippen LogP contribution >= 0.6 is 0 Å². The van der Waals surface area contributed by atoms with Crippen molar-refractivity contribution in [2.24, 2.45) is 0 Å². The van der Waals surface area contributed by atoms with E-state index in [4.69, 9.17) is 4.74 Å². The minimum absolute atomic E-state index is 0.00993. The van der Waals surface area contributed by atoms with Crippen molar-refractivity contribution in [1.82, 2.24) is 24.2 Å². The van der Waals surface area contributed by atoms with Crippen LogP contribution in [0.2, 0.25) is 0 Å². The summed E-state index contributed by atoms with van der Waals surface area (Å²) in [5.74, 6) is 0. The van der Waals surface area contributed by atoms with Gasteiger partial charge >= 0.3 is 6.03 Å². The van der Waals surface area contributed by atoms with Gasteiger partial charge in [0.15, 0.2) is 11.9 Å². The maximum Gasteiger partial charge on any atom is 0.322 e. The van der Waals surface area contributed by atoms with Crippen molar-refractivity contribution in [2.45, 2.75) is 23.2 Å². The zero-order valence-electron chi connectivity index (χ0n) is 18.1. The van der Waals surface area contributed by atoms with Gasteiger partial charge in [0, 0.05) is 19.5 Å². The molecule has 5 rings (SSSR count). The summed E-state index contributed by atoms with van der Waals surface area (Å²) in [7, 11) is -3.96. The molecule has 12 heteroatoms. The predicted octanol–water partition coefficient (Wildman–Crippen LogP) is 2.26. The number of alkyl halides is 1. The number of anilines is 1. The van der Waals surface area contributed by atoms with E-state index in [-0.39, 0.29) is 37.6 Å². The monoisotopic (exact) mass is 486 g/mol. The fraction of sp³-hybridized carbons (Fsp3) is 0.318. The van der Waals surface area contributed by atoms with E-state index >= 15 is 4.39 Å². The van der Waals surface area contributed by atoms with Crippen molar-refractivity contribution in [2.75, 3.05) is 31.6 Å². The van der Waals surface area contributed by atoms with Crippen LogP contribution in [0, 0.1) is 0 Å². The maximum absolute atomic E-state index is 15.6. The average molecular weight is 487 g/mol. The third-order valence-electron chi connectivity index (χ3n) is 6.08. The number of piperidine rings is 1. The van der Waals surface area contributed by atoms with Crippen molar-refractivity contribution >= 4 is 21.7 Å². The first-order chi connectivity index (χ1) is 16.4. The van der Waals surface area contributed by atoms with Gasteiger partial charge in [0.1, 0.15) is 5.69 Å². The molecule has 2 aromatic carbocycles. The molecule has 1 N–H and O–H groups in total. The van der Waals surface area contributed by atoms with E-state index < -0.39 is 28.0 Å². The van der Waals surface area contributed by atoms with Gasteiger partial charge in [-0.05, 0) is 24.3 Å². The number of urea groups is 1. The summed E-state index contributed by atoms with van der Waals surface area (Å²) in [6.45, 7) is -0.0545. The van der Waals surface area contributed by atoms with Crippen LogP contribution in [-0.2, 0) is 14.8 Å². The third-order valence-corrected chi connectivity index (χ3v) is 8.02. The van der Waals surface area contributed by atoms with Gasteiger partial charge in [0.25, 0.3) is 0 Å². The lowest BCUT2D eigenvalue weighted by Crippen LogP contribution is -2.63. The highest BCUT2D eigenvalue weighted by Gasteiger charge is 2.57. The Morgan fingerprint density at radius 3 is 2.50 bits per heavy atom. The molecule has 3 heterocycles. The molecule has 2 unspecified atom stereocenters. The second kappa shape index (κ2) is 8.78. The summed E-state index contributed by atoms with van der Waals surface area (Å²) >= 11 is 0. The van der Waals surface area contributed by atoms with Crippen LogP contribution in [0.4, 0.5) is 14.9 Å². The fourth-order valence-corrected chi connectivity index (χ4v) is 6.14. The summed E-state index contributed by atoms with van der Waals surface area (Å²) in [5.41, 5.74) is -0.613. The molecule has 0 radical (unpaired) electrons. The number of amides is 2. The highest BCUT2D eigenvalue weighted by Crippen LogP contribution is 2.40. The van der Waals surface area contributed by atoms with E-state index in [1.165, 1.54) is 34.2 Å². The molecule has 2 aliphatic heterocycles. The quantitative estimate of drug-likeness (QED) is 0.606. The molecule has 2 aliphatic rings. The number of hydrogen-bond donors (Lipinski definition) is 1. The Bertz CT molecular complexity index is 1270. The number of likely N-dealkylation sites (tertiary alicyclic amines) is 1. The number of nitrogens with one attached hydrogen (secondary N) is 1. The predicted molar refractivity (Wildman–Crippen MR) is 120 cm³/mol. The molecule has 0 saturated carbocycles. The smallest absolute Gasteiger partial charge is 0.322 e. The Morgan fingerprint density at radius 1 is 1.06 bits per heavy atom. The molecular formula is C22H23FN6O4S. The number of aromatic nitrogens is 3. The summed E-state index contributed by atoms with van der Waals surface area (Å²) in [5, 5.41) is 11.0. The Hall–Kier alpha value is -3.35. The highest BCUT2D eigenvalue weighted by molar-refractivity contribution is 7.89. The van der Waals surface area contributed by atoms with E-state index in [0.29, 0.717) is 11.4 Å². The average Bonchev–Trinajstić information content (AvgIpc) is 3.53. The summed E-state index contributed by atoms with van der Waals surface area (Å²) in [4.78, 5) is 15.7. The molecule has 178 valence electrons. The lowest BCUT2D eigenvalue weighted by molar-refractivity contribution is -0.134. The molecular weight excluding hydrogens is 463 g/mol. The Kier molecular flexibility index (Phi) is 5.80. The zero-order valence-corrected chi connectivity index (χ0v) is 18.9. The minimum Gasteiger partial charge on any atom is -0.355 e. The van der Waals surface area contributed by atoms with Crippen LogP contribution in [0.15, 0.2) is 71.9 Å². The van der Waals surface area contributed by atoms with E-state index in [9.17, 15) is 13.2 Å². The number of para-hydroxylation sites is 2. The lowest BCUT2D eigenvalue weighted by atomic mass is 9.99. The first-order valence-electron chi connectivity index (χ1n) is 10.8. The van der Waals surface area contributed by atoms with Crippen molar-refractivity contribution in [3.05, 3.63) is 67.0 Å². The molecule has 34 heavy (non-hydrogen) atoms. The highest BCUT2D eigenvalue weighted by atomic mass is 32.2. The van der Waals surface area contributed by atoms with Crippen LogP contribution < -0.4 is 5.32 Å². The van der Waals surface area contributed by atoms with Gasteiger partial charge in [-0.25, -0.2) is 17.6 Å². The molecule has 1 aromatic heterocycles. The largest absolute Gasteiger partial charge is 0.355 e. The fourth-order valence-electron chi connectivity index (χ4n) is 4.41. The summed E-state index contributed by atoms with van der Waals surface area (Å²) in [6, 6.07) is 14.4. The molecule has 2 fully saturated rings. The number of hydrogen-bond acceptors (Lipinski definition) is 6. The van der Waals surface area contributed by atoms with Crippen LogP contribution in [-0.4, -0.2) is 76.8 Å². The third kappa shape index (κ3) is 3.83. The van der Waals surface area contributed by atoms with Crippen molar-refractivity contribution in [3.8, 4) is 5.69 Å². The van der Waals surface area contributed by atoms with Gasteiger partial charge in [-0.1, -0.05) is 30.3 Å². The molecule has 0 bridgehead atoms. The minimum atomic E-state index is -3.96. The number of rotatable bonds is 4. The van der Waals surface area contributed by atoms with Crippen LogP contribution in [0.25, 0.3) is 5.69 Å². The number of sulfonamides is 1. The first kappa shape index (κ1) is 22.4. The Morgan fingerprint density at radius 2 is 1.76 bits per heavy atom. The molecule has 0 aliphatic carbocycles. The SMILES string of the molecule is O=C(Nc1ccccc1-n1nccn1)N1CCC2(OCCN2S(=O)(=O)c2ccccc2)C(F)C1. The molecule has 2 atom stereocenters. The van der Waals surface area contributed by atoms with Gasteiger partial charge in [-0.15, -0.1) is 4.80 Å². The Balaban J connectivity index is 1.33. The van der Waals surface area contributed by atoms with Gasteiger partial charge in [-0.2, -0.15) is 14.5 Å². The van der Waals surface area contributed by atoms with Crippen LogP contribution in [0.5, 0.6) is 0 Å². The maximum atomic E-state index is 15.6. The molecule has 2 saturated heterocycles. The van der Waals surface area contributed by atoms with Crippen LogP contribution in [0.1, 0.15) is 6.42 Å². The number of carbonyl (C=O) groups excluding carboxylic acids is 1. The van der Waals surface area contributed by atoms with E-state index in [0.717, 1.165) is 4.31 Å². The lowest BCUT2D eigenvalue weighted by Gasteiger charge is -2.44. The number of ether oxygens (including phenoxy) is 1. The molecule has 2 amide bonds. The first-order valence-corrected chi connectivity index (χ1v) is 12.2. The Labute approximate surface area is 196 Å².